The molecule has 0 saturated carbocycles. The lowest BCUT2D eigenvalue weighted by atomic mass is 9.73. The summed E-state index contributed by atoms with van der Waals surface area (Å²) in [5.74, 6) is 2.10. The van der Waals surface area contributed by atoms with Gasteiger partial charge in [-0.25, -0.2) is 0 Å². The summed E-state index contributed by atoms with van der Waals surface area (Å²) in [5.41, 5.74) is 9.11. The van der Waals surface area contributed by atoms with Crippen LogP contribution in [0.1, 0.15) is 47.4 Å². The second kappa shape index (κ2) is 5.88. The normalized spacial score (nSPS) is 21.6. The summed E-state index contributed by atoms with van der Waals surface area (Å²) < 4.78 is 5.48. The molecule has 0 bridgehead atoms. The van der Waals surface area contributed by atoms with Gasteiger partial charge in [0.2, 0.25) is 0 Å². The van der Waals surface area contributed by atoms with Crippen molar-refractivity contribution in [1.82, 2.24) is 0 Å². The van der Waals surface area contributed by atoms with Crippen molar-refractivity contribution >= 4 is 13.6 Å². The summed E-state index contributed by atoms with van der Waals surface area (Å²) in [7, 11) is 0.639. The van der Waals surface area contributed by atoms with Gasteiger partial charge in [0.1, 0.15) is 5.75 Å². The molecule has 4 rings (SSSR count). The molecule has 0 heterocycles. The van der Waals surface area contributed by atoms with Gasteiger partial charge in [0.25, 0.3) is 0 Å². The maximum Gasteiger partial charge on any atom is 0.119 e. The highest BCUT2D eigenvalue weighted by atomic mass is 28.3. The van der Waals surface area contributed by atoms with E-state index in [0.717, 1.165) is 5.75 Å². The molecule has 2 unspecified atom stereocenters. The van der Waals surface area contributed by atoms with Gasteiger partial charge < -0.3 is 4.74 Å². The fourth-order valence-corrected chi connectivity index (χ4v) is 6.73. The van der Waals surface area contributed by atoms with Crippen molar-refractivity contribution in [2.75, 3.05) is 7.11 Å². The summed E-state index contributed by atoms with van der Waals surface area (Å²) >= 11 is 0. The van der Waals surface area contributed by atoms with Crippen LogP contribution in [0.2, 0.25) is 25.7 Å². The molecule has 0 spiro atoms. The topological polar surface area (TPSA) is 9.23 Å². The van der Waals surface area contributed by atoms with Crippen LogP contribution in [0.4, 0.5) is 0 Å². The van der Waals surface area contributed by atoms with Crippen molar-refractivity contribution in [2.24, 2.45) is 0 Å². The summed E-state index contributed by atoms with van der Waals surface area (Å²) in [6, 6.07) is 17.2. The number of ether oxygens (including phenoxy) is 1. The van der Waals surface area contributed by atoms with Crippen molar-refractivity contribution in [3.63, 3.8) is 0 Å². The number of hydrogen-bond donors (Lipinski definition) is 0. The minimum atomic E-state index is -1.12. The molecule has 130 valence electrons. The Bertz CT molecular complexity index is 857. The summed E-state index contributed by atoms with van der Waals surface area (Å²) in [6.07, 6.45) is 1.22. The first-order chi connectivity index (χ1) is 11.9. The Labute approximate surface area is 152 Å². The maximum atomic E-state index is 5.48. The molecule has 0 amide bonds. The smallest absolute Gasteiger partial charge is 0.119 e. The van der Waals surface area contributed by atoms with Gasteiger partial charge in [0, 0.05) is 14.0 Å². The van der Waals surface area contributed by atoms with Crippen molar-refractivity contribution in [3.8, 4) is 5.75 Å². The molecule has 2 aromatic rings. The molecule has 0 aromatic heterocycles. The van der Waals surface area contributed by atoms with Crippen LogP contribution < -0.4 is 4.74 Å². The van der Waals surface area contributed by atoms with Gasteiger partial charge in [-0.15, -0.1) is 0 Å². The molecule has 2 heteroatoms. The third-order valence-corrected chi connectivity index (χ3v) is 7.60. The molecular weight excluding hydrogens is 320 g/mol. The maximum absolute atomic E-state index is 5.48. The monoisotopic (exact) mass is 348 g/mol. The first-order valence-electron chi connectivity index (χ1n) is 9.36. The molecule has 0 radical (unpaired) electrons. The minimum Gasteiger partial charge on any atom is -0.497 e. The highest BCUT2D eigenvalue weighted by Gasteiger charge is 2.39. The Kier molecular flexibility index (Phi) is 3.91. The van der Waals surface area contributed by atoms with Crippen LogP contribution in [-0.2, 0) is 0 Å². The zero-order chi connectivity index (χ0) is 17.8. The second-order valence-corrected chi connectivity index (χ2v) is 14.4. The Morgan fingerprint density at radius 3 is 2.40 bits per heavy atom. The SMILES string of the molecule is COc1ccc2c(c1)C(C)=C1CC(C[Si](C)(C)C)c3ccccc3C12. The van der Waals surface area contributed by atoms with Crippen molar-refractivity contribution < 1.29 is 4.74 Å². The van der Waals surface area contributed by atoms with Gasteiger partial charge in [0.15, 0.2) is 0 Å². The summed E-state index contributed by atoms with van der Waals surface area (Å²) in [4.78, 5) is 0. The van der Waals surface area contributed by atoms with Gasteiger partial charge in [-0.3, -0.25) is 0 Å². The number of fused-ring (bicyclic) bond motifs is 5. The number of methoxy groups -OCH3 is 1. The highest BCUT2D eigenvalue weighted by molar-refractivity contribution is 6.76. The summed E-state index contributed by atoms with van der Waals surface area (Å²) in [5, 5.41) is 0. The lowest BCUT2D eigenvalue weighted by Crippen LogP contribution is -2.26. The molecule has 0 aliphatic heterocycles. The van der Waals surface area contributed by atoms with E-state index in [1.54, 1.807) is 18.2 Å². The minimum absolute atomic E-state index is 0.454. The third kappa shape index (κ3) is 2.77. The van der Waals surface area contributed by atoms with E-state index < -0.39 is 8.07 Å². The zero-order valence-corrected chi connectivity index (χ0v) is 17.0. The van der Waals surface area contributed by atoms with Crippen LogP contribution in [0, 0.1) is 0 Å². The fraction of sp³-hybridized carbons (Fsp3) is 0.391. The predicted octanol–water partition coefficient (Wildman–Crippen LogP) is 6.44. The fourth-order valence-electron chi connectivity index (χ4n) is 4.88. The van der Waals surface area contributed by atoms with E-state index in [9.17, 15) is 0 Å². The van der Waals surface area contributed by atoms with Gasteiger partial charge in [-0.2, -0.15) is 0 Å². The van der Waals surface area contributed by atoms with Crippen molar-refractivity contribution in [1.29, 1.82) is 0 Å². The first kappa shape index (κ1) is 16.7. The van der Waals surface area contributed by atoms with E-state index in [-0.39, 0.29) is 0 Å². The van der Waals surface area contributed by atoms with Gasteiger partial charge in [-0.05, 0) is 59.2 Å². The van der Waals surface area contributed by atoms with Crippen molar-refractivity contribution in [3.05, 3.63) is 70.3 Å². The third-order valence-electron chi connectivity index (χ3n) is 5.88. The Morgan fingerprint density at radius 2 is 1.72 bits per heavy atom. The van der Waals surface area contributed by atoms with E-state index in [4.69, 9.17) is 4.74 Å². The Morgan fingerprint density at radius 1 is 1.00 bits per heavy atom. The number of allylic oxidation sites excluding steroid dienone is 2. The predicted molar refractivity (Wildman–Crippen MR) is 109 cm³/mol. The molecule has 0 saturated heterocycles. The molecule has 2 aliphatic carbocycles. The van der Waals surface area contributed by atoms with Crippen molar-refractivity contribution in [2.45, 2.75) is 50.9 Å². The average Bonchev–Trinajstić information content (AvgIpc) is 2.86. The van der Waals surface area contributed by atoms with Crippen LogP contribution in [0.15, 0.2) is 48.0 Å². The van der Waals surface area contributed by atoms with E-state index in [2.05, 4.69) is 69.0 Å². The molecule has 1 nitrogen and oxygen atoms in total. The van der Waals surface area contributed by atoms with E-state index in [0.29, 0.717) is 11.8 Å². The molecule has 2 atom stereocenters. The zero-order valence-electron chi connectivity index (χ0n) is 16.0. The van der Waals surface area contributed by atoms with Gasteiger partial charge in [0.05, 0.1) is 7.11 Å². The molecule has 25 heavy (non-hydrogen) atoms. The van der Waals surface area contributed by atoms with Crippen LogP contribution in [0.25, 0.3) is 5.57 Å². The van der Waals surface area contributed by atoms with Crippen LogP contribution in [-0.4, -0.2) is 15.2 Å². The number of rotatable bonds is 3. The van der Waals surface area contributed by atoms with Gasteiger partial charge in [-0.1, -0.05) is 61.6 Å². The molecular formula is C23H28OSi. The second-order valence-electron chi connectivity index (χ2n) is 8.83. The van der Waals surface area contributed by atoms with E-state index >= 15 is 0 Å². The highest BCUT2D eigenvalue weighted by Crippen LogP contribution is 2.55. The van der Waals surface area contributed by atoms with E-state index in [1.807, 2.05) is 0 Å². The first-order valence-corrected chi connectivity index (χ1v) is 13.1. The number of benzene rings is 2. The van der Waals surface area contributed by atoms with Crippen LogP contribution >= 0.6 is 0 Å². The molecule has 0 fully saturated rings. The lowest BCUT2D eigenvalue weighted by Gasteiger charge is -2.35. The van der Waals surface area contributed by atoms with Crippen LogP contribution in [0.3, 0.4) is 0 Å². The Balaban J connectivity index is 1.87. The average molecular weight is 349 g/mol. The standard InChI is InChI=1S/C23H28OSi/c1-15-21-13-17(24-2)10-11-20(21)23-19-9-7-6-8-18(19)16(12-22(15)23)14-25(3,4)5/h6-11,13,16,23H,12,14H2,1-5H3. The van der Waals surface area contributed by atoms with E-state index in [1.165, 1.54) is 34.7 Å². The van der Waals surface area contributed by atoms with Gasteiger partial charge >= 0.3 is 0 Å². The largest absolute Gasteiger partial charge is 0.497 e. The van der Waals surface area contributed by atoms with Crippen LogP contribution in [0.5, 0.6) is 5.75 Å². The molecule has 0 N–H and O–H groups in total. The molecule has 2 aromatic carbocycles. The lowest BCUT2D eigenvalue weighted by molar-refractivity contribution is 0.414. The molecule has 2 aliphatic rings. The summed E-state index contributed by atoms with van der Waals surface area (Å²) in [6.45, 7) is 9.80. The number of hydrogen-bond acceptors (Lipinski definition) is 1. The quantitative estimate of drug-likeness (QED) is 0.580. The Hall–Kier alpha value is -1.80.